The maximum Gasteiger partial charge on any atom is 0.328 e. The molecule has 0 spiro atoms. The van der Waals surface area contributed by atoms with Crippen LogP contribution in [0.2, 0.25) is 6.32 Å². The first-order valence-corrected chi connectivity index (χ1v) is 7.61. The first-order chi connectivity index (χ1) is 9.80. The average Bonchev–Trinajstić information content (AvgIpc) is 2.61. The fraction of sp³-hybridized carbons (Fsp3) is 0.588. The first-order valence-electron chi connectivity index (χ1n) is 7.61. The van der Waals surface area contributed by atoms with Crippen LogP contribution in [0.15, 0.2) is 18.2 Å². The maximum absolute atomic E-state index is 8.90. The third kappa shape index (κ3) is 3.08. The highest BCUT2D eigenvalue weighted by Gasteiger charge is 2.49. The third-order valence-electron chi connectivity index (χ3n) is 4.79. The van der Waals surface area contributed by atoms with Crippen LogP contribution < -0.4 is 10.2 Å². The first kappa shape index (κ1) is 15.9. The molecule has 0 atom stereocenters. The number of hydrogen-bond acceptors (Lipinski definition) is 3. The molecule has 0 aromatic heterocycles. The van der Waals surface area contributed by atoms with Gasteiger partial charge in [-0.1, -0.05) is 26.0 Å². The summed E-state index contributed by atoms with van der Waals surface area (Å²) >= 11 is 0. The topological polar surface area (TPSA) is 42.2 Å². The van der Waals surface area contributed by atoms with Crippen molar-refractivity contribution in [3.8, 4) is 11.8 Å². The van der Waals surface area contributed by atoms with Gasteiger partial charge in [0.15, 0.2) is 0 Å². The molecule has 1 heterocycles. The van der Waals surface area contributed by atoms with Crippen LogP contribution in [0.1, 0.15) is 40.2 Å². The number of nitrogens with zero attached hydrogens (tertiary/aromatic N) is 1. The van der Waals surface area contributed by atoms with Crippen LogP contribution in [-0.2, 0) is 11.1 Å². The Kier molecular flexibility index (Phi) is 4.34. The van der Waals surface area contributed by atoms with Crippen molar-refractivity contribution in [3.05, 3.63) is 23.8 Å². The lowest BCUT2D eigenvalue weighted by molar-refractivity contribution is 0.0375. The van der Waals surface area contributed by atoms with E-state index < -0.39 is 0 Å². The number of ether oxygens (including phenoxy) is 1. The Morgan fingerprint density at radius 3 is 2.57 bits per heavy atom. The summed E-state index contributed by atoms with van der Waals surface area (Å²) in [6, 6.07) is 8.28. The summed E-state index contributed by atoms with van der Waals surface area (Å²) < 4.78 is 11.9. The van der Waals surface area contributed by atoms with Crippen molar-refractivity contribution in [2.45, 2.75) is 53.0 Å². The Labute approximate surface area is 128 Å². The number of rotatable bonds is 4. The zero-order chi connectivity index (χ0) is 15.7. The SMILES string of the molecule is CCOc1cc(B2CC(C)(C)C(C)(C)O2)ccc1CC#N. The molecule has 21 heavy (non-hydrogen) atoms. The molecular weight excluding hydrogens is 261 g/mol. The van der Waals surface area contributed by atoms with Gasteiger partial charge < -0.3 is 9.39 Å². The van der Waals surface area contributed by atoms with Crippen LogP contribution >= 0.6 is 0 Å². The quantitative estimate of drug-likeness (QED) is 0.798. The fourth-order valence-electron chi connectivity index (χ4n) is 2.74. The van der Waals surface area contributed by atoms with Crippen molar-refractivity contribution in [3.63, 3.8) is 0 Å². The molecule has 4 heteroatoms. The second kappa shape index (κ2) is 5.73. The van der Waals surface area contributed by atoms with Crippen molar-refractivity contribution in [2.24, 2.45) is 5.41 Å². The van der Waals surface area contributed by atoms with Crippen molar-refractivity contribution >= 4 is 12.4 Å². The minimum atomic E-state index is -0.144. The third-order valence-corrected chi connectivity index (χ3v) is 4.79. The van der Waals surface area contributed by atoms with Crippen LogP contribution in [0, 0.1) is 16.7 Å². The van der Waals surface area contributed by atoms with E-state index in [2.05, 4.69) is 39.8 Å². The van der Waals surface area contributed by atoms with Crippen LogP contribution in [0.25, 0.3) is 0 Å². The lowest BCUT2D eigenvalue weighted by Crippen LogP contribution is -2.36. The van der Waals surface area contributed by atoms with E-state index in [1.165, 1.54) is 0 Å². The van der Waals surface area contributed by atoms with Crippen molar-refractivity contribution in [2.75, 3.05) is 6.61 Å². The predicted molar refractivity (Wildman–Crippen MR) is 86.1 cm³/mol. The zero-order valence-corrected chi connectivity index (χ0v) is 13.7. The zero-order valence-electron chi connectivity index (χ0n) is 13.7. The molecule has 0 bridgehead atoms. The summed E-state index contributed by atoms with van der Waals surface area (Å²) in [6.07, 6.45) is 1.36. The second-order valence-corrected chi connectivity index (χ2v) is 6.84. The summed E-state index contributed by atoms with van der Waals surface area (Å²) in [7, 11) is 0. The molecule has 0 radical (unpaired) electrons. The van der Waals surface area contributed by atoms with E-state index in [4.69, 9.17) is 14.7 Å². The van der Waals surface area contributed by atoms with E-state index in [0.29, 0.717) is 13.0 Å². The van der Waals surface area contributed by atoms with Gasteiger partial charge in [0.05, 0.1) is 24.7 Å². The van der Waals surface area contributed by atoms with E-state index in [1.54, 1.807) is 0 Å². The Morgan fingerprint density at radius 2 is 2.05 bits per heavy atom. The smallest absolute Gasteiger partial charge is 0.328 e. The van der Waals surface area contributed by atoms with Gasteiger partial charge in [-0.25, -0.2) is 0 Å². The maximum atomic E-state index is 8.90. The second-order valence-electron chi connectivity index (χ2n) is 6.84. The Balaban J connectivity index is 2.30. The molecule has 112 valence electrons. The van der Waals surface area contributed by atoms with E-state index in [0.717, 1.165) is 23.1 Å². The Bertz CT molecular complexity index is 544. The highest BCUT2D eigenvalue weighted by Crippen LogP contribution is 2.45. The van der Waals surface area contributed by atoms with E-state index >= 15 is 0 Å². The summed E-state index contributed by atoms with van der Waals surface area (Å²) in [5.41, 5.74) is 2.07. The van der Waals surface area contributed by atoms with Gasteiger partial charge in [0.1, 0.15) is 5.75 Å². The molecule has 0 N–H and O–H groups in total. The van der Waals surface area contributed by atoms with Gasteiger partial charge in [-0.05, 0) is 44.0 Å². The van der Waals surface area contributed by atoms with Gasteiger partial charge in [-0.2, -0.15) is 5.26 Å². The van der Waals surface area contributed by atoms with Crippen molar-refractivity contribution in [1.82, 2.24) is 0 Å². The molecule has 3 nitrogen and oxygen atoms in total. The summed E-state index contributed by atoms with van der Waals surface area (Å²) in [6.45, 7) is 11.5. The van der Waals surface area contributed by atoms with Crippen molar-refractivity contribution in [1.29, 1.82) is 5.26 Å². The number of nitriles is 1. The molecule has 1 aliphatic rings. The van der Waals surface area contributed by atoms with Crippen LogP contribution in [-0.4, -0.2) is 19.1 Å². The molecule has 0 saturated carbocycles. The minimum absolute atomic E-state index is 0.0883. The van der Waals surface area contributed by atoms with Gasteiger partial charge in [0.2, 0.25) is 0 Å². The lowest BCUT2D eigenvalue weighted by atomic mass is 9.54. The molecule has 1 aromatic rings. The van der Waals surface area contributed by atoms with Gasteiger partial charge in [-0.3, -0.25) is 0 Å². The van der Waals surface area contributed by atoms with E-state index in [1.807, 2.05) is 19.1 Å². The molecule has 1 aromatic carbocycles. The predicted octanol–water partition coefficient (Wildman–Crippen LogP) is 3.18. The normalized spacial score (nSPS) is 19.3. The van der Waals surface area contributed by atoms with Crippen LogP contribution in [0.4, 0.5) is 0 Å². The standard InChI is InChI=1S/C17H24BNO2/c1-6-20-15-11-14(8-7-13(15)9-10-19)18-12-16(2,3)17(4,5)21-18/h7-8,11H,6,9,12H2,1-5H3. The summed E-state index contributed by atoms with van der Waals surface area (Å²) in [4.78, 5) is 0. The van der Waals surface area contributed by atoms with E-state index in [-0.39, 0.29) is 17.9 Å². The van der Waals surface area contributed by atoms with Gasteiger partial charge in [0, 0.05) is 5.56 Å². The van der Waals surface area contributed by atoms with Gasteiger partial charge in [-0.15, -0.1) is 0 Å². The Morgan fingerprint density at radius 1 is 1.33 bits per heavy atom. The molecule has 1 aliphatic heterocycles. The average molecular weight is 285 g/mol. The Hall–Kier alpha value is -1.47. The molecule has 1 saturated heterocycles. The van der Waals surface area contributed by atoms with Crippen LogP contribution in [0.5, 0.6) is 5.75 Å². The fourth-order valence-corrected chi connectivity index (χ4v) is 2.74. The van der Waals surface area contributed by atoms with Gasteiger partial charge >= 0.3 is 6.92 Å². The molecule has 2 rings (SSSR count). The summed E-state index contributed by atoms with van der Waals surface area (Å²) in [5.74, 6) is 0.808. The molecule has 0 amide bonds. The minimum Gasteiger partial charge on any atom is -0.494 e. The highest BCUT2D eigenvalue weighted by atomic mass is 16.5. The number of benzene rings is 1. The number of hydrogen-bond donors (Lipinski definition) is 0. The lowest BCUT2D eigenvalue weighted by Gasteiger charge is -2.34. The van der Waals surface area contributed by atoms with Crippen LogP contribution in [0.3, 0.4) is 0 Å². The molecule has 0 unspecified atom stereocenters. The van der Waals surface area contributed by atoms with Gasteiger partial charge in [0.25, 0.3) is 0 Å². The molecular formula is C17H24BNO2. The van der Waals surface area contributed by atoms with Crippen molar-refractivity contribution < 1.29 is 9.39 Å². The molecule has 1 fully saturated rings. The molecule has 0 aliphatic carbocycles. The largest absolute Gasteiger partial charge is 0.494 e. The van der Waals surface area contributed by atoms with E-state index in [9.17, 15) is 0 Å². The highest BCUT2D eigenvalue weighted by molar-refractivity contribution is 6.68. The monoisotopic (exact) mass is 285 g/mol. The summed E-state index contributed by atoms with van der Waals surface area (Å²) in [5, 5.41) is 8.90.